The van der Waals surface area contributed by atoms with Gasteiger partial charge in [-0.15, -0.1) is 0 Å². The monoisotopic (exact) mass is 170 g/mol. The second-order valence-electron chi connectivity index (χ2n) is 4.33. The molecule has 12 heavy (non-hydrogen) atoms. The van der Waals surface area contributed by atoms with Gasteiger partial charge >= 0.3 is 0 Å². The lowest BCUT2D eigenvalue weighted by Gasteiger charge is -2.23. The van der Waals surface area contributed by atoms with Gasteiger partial charge in [-0.05, 0) is 31.7 Å². The van der Waals surface area contributed by atoms with E-state index in [-0.39, 0.29) is 0 Å². The van der Waals surface area contributed by atoms with Gasteiger partial charge in [0, 0.05) is 19.1 Å². The third-order valence-electron chi connectivity index (χ3n) is 3.22. The third-order valence-corrected chi connectivity index (χ3v) is 3.22. The number of hydrogen-bond donors (Lipinski definition) is 1. The number of nitrogens with zero attached hydrogens (tertiary/aromatic N) is 1. The minimum absolute atomic E-state index is 0.683. The molecule has 2 heteroatoms. The van der Waals surface area contributed by atoms with E-state index in [0.29, 0.717) is 6.04 Å². The highest BCUT2D eigenvalue weighted by Gasteiger charge is 2.28. The van der Waals surface area contributed by atoms with E-state index in [1.807, 2.05) is 0 Å². The van der Waals surface area contributed by atoms with Crippen molar-refractivity contribution in [3.8, 4) is 0 Å². The molecule has 0 saturated carbocycles. The molecule has 1 aliphatic rings. The molecule has 0 bridgehead atoms. The third kappa shape index (κ3) is 2.20. The van der Waals surface area contributed by atoms with E-state index in [1.54, 1.807) is 0 Å². The van der Waals surface area contributed by atoms with Crippen molar-refractivity contribution in [2.24, 2.45) is 17.6 Å². The molecule has 0 radical (unpaired) electrons. The van der Waals surface area contributed by atoms with Crippen LogP contribution in [0.15, 0.2) is 0 Å². The van der Waals surface area contributed by atoms with Gasteiger partial charge in [0.2, 0.25) is 0 Å². The molecule has 2 nitrogen and oxygen atoms in total. The Kier molecular flexibility index (Phi) is 3.53. The maximum Gasteiger partial charge on any atom is 0.00791 e. The van der Waals surface area contributed by atoms with Crippen molar-refractivity contribution < 1.29 is 0 Å². The van der Waals surface area contributed by atoms with Gasteiger partial charge in [0.25, 0.3) is 0 Å². The zero-order valence-electron chi connectivity index (χ0n) is 8.59. The van der Waals surface area contributed by atoms with Gasteiger partial charge in [-0.3, -0.25) is 0 Å². The fraction of sp³-hybridized carbons (Fsp3) is 1.00. The first-order valence-electron chi connectivity index (χ1n) is 5.09. The molecule has 1 aliphatic heterocycles. The summed E-state index contributed by atoms with van der Waals surface area (Å²) >= 11 is 0. The zero-order chi connectivity index (χ0) is 9.14. The highest BCUT2D eigenvalue weighted by molar-refractivity contribution is 4.81. The largest absolute Gasteiger partial charge is 0.330 e. The molecule has 0 aromatic rings. The van der Waals surface area contributed by atoms with Gasteiger partial charge in [0.15, 0.2) is 0 Å². The van der Waals surface area contributed by atoms with Crippen LogP contribution < -0.4 is 5.73 Å². The van der Waals surface area contributed by atoms with Crippen LogP contribution in [-0.4, -0.2) is 30.6 Å². The first-order valence-corrected chi connectivity index (χ1v) is 5.09. The van der Waals surface area contributed by atoms with Crippen molar-refractivity contribution in [3.05, 3.63) is 0 Å². The Hall–Kier alpha value is -0.0800. The van der Waals surface area contributed by atoms with Gasteiger partial charge in [0.05, 0.1) is 0 Å². The lowest BCUT2D eigenvalue weighted by atomic mass is 10.0. The lowest BCUT2D eigenvalue weighted by Crippen LogP contribution is -2.32. The van der Waals surface area contributed by atoms with E-state index in [0.717, 1.165) is 24.8 Å². The van der Waals surface area contributed by atoms with Gasteiger partial charge in [-0.25, -0.2) is 0 Å². The molecule has 1 saturated heterocycles. The number of hydrogen-bond acceptors (Lipinski definition) is 2. The molecular weight excluding hydrogens is 148 g/mol. The molecular formula is C10H22N2. The lowest BCUT2D eigenvalue weighted by molar-refractivity contribution is 0.239. The molecule has 1 fully saturated rings. The highest BCUT2D eigenvalue weighted by Crippen LogP contribution is 2.24. The van der Waals surface area contributed by atoms with Crippen LogP contribution in [-0.2, 0) is 0 Å². The average Bonchev–Trinajstić information content (AvgIpc) is 2.33. The normalized spacial score (nSPS) is 34.0. The molecule has 1 heterocycles. The molecule has 1 rings (SSSR count). The molecule has 0 spiro atoms. The van der Waals surface area contributed by atoms with Gasteiger partial charge < -0.3 is 10.6 Å². The van der Waals surface area contributed by atoms with Gasteiger partial charge in [-0.1, -0.05) is 13.8 Å². The summed E-state index contributed by atoms with van der Waals surface area (Å²) in [5.74, 6) is 1.73. The number of rotatable bonds is 3. The highest BCUT2D eigenvalue weighted by atomic mass is 15.2. The first-order chi connectivity index (χ1) is 5.65. The summed E-state index contributed by atoms with van der Waals surface area (Å²) in [6.45, 7) is 10.3. The van der Waals surface area contributed by atoms with Crippen molar-refractivity contribution in [1.29, 1.82) is 0 Å². The fourth-order valence-corrected chi connectivity index (χ4v) is 1.96. The predicted octanol–water partition coefficient (Wildman–Crippen LogP) is 1.31. The number of nitrogens with two attached hydrogens (primary N) is 1. The summed E-state index contributed by atoms with van der Waals surface area (Å²) in [5.41, 5.74) is 5.54. The van der Waals surface area contributed by atoms with Gasteiger partial charge in [-0.2, -0.15) is 0 Å². The quantitative estimate of drug-likeness (QED) is 0.692. The van der Waals surface area contributed by atoms with Crippen molar-refractivity contribution >= 4 is 0 Å². The number of likely N-dealkylation sites (tertiary alicyclic amines) is 1. The maximum atomic E-state index is 5.54. The zero-order valence-corrected chi connectivity index (χ0v) is 8.59. The van der Waals surface area contributed by atoms with Crippen molar-refractivity contribution in [3.63, 3.8) is 0 Å². The van der Waals surface area contributed by atoms with E-state index >= 15 is 0 Å². The Morgan fingerprint density at radius 3 is 2.25 bits per heavy atom. The summed E-state index contributed by atoms with van der Waals surface area (Å²) in [5, 5.41) is 0. The minimum Gasteiger partial charge on any atom is -0.330 e. The molecule has 3 atom stereocenters. The summed E-state index contributed by atoms with van der Waals surface area (Å²) in [6.07, 6.45) is 1.14. The van der Waals surface area contributed by atoms with E-state index in [1.165, 1.54) is 13.1 Å². The van der Waals surface area contributed by atoms with Crippen LogP contribution in [0.5, 0.6) is 0 Å². The standard InChI is InChI=1S/C10H22N2/c1-8-6-12(7-9(8)2)10(3)4-5-11/h8-10H,4-7,11H2,1-3H3. The van der Waals surface area contributed by atoms with Crippen molar-refractivity contribution in [2.75, 3.05) is 19.6 Å². The smallest absolute Gasteiger partial charge is 0.00791 e. The second-order valence-corrected chi connectivity index (χ2v) is 4.33. The van der Waals surface area contributed by atoms with E-state index in [4.69, 9.17) is 5.73 Å². The van der Waals surface area contributed by atoms with Crippen LogP contribution in [0.1, 0.15) is 27.2 Å². The minimum atomic E-state index is 0.683. The van der Waals surface area contributed by atoms with Crippen LogP contribution >= 0.6 is 0 Å². The fourth-order valence-electron chi connectivity index (χ4n) is 1.96. The molecule has 0 aromatic carbocycles. The topological polar surface area (TPSA) is 29.3 Å². The molecule has 0 amide bonds. The Morgan fingerprint density at radius 2 is 1.83 bits per heavy atom. The average molecular weight is 170 g/mol. The Balaban J connectivity index is 2.35. The Morgan fingerprint density at radius 1 is 1.33 bits per heavy atom. The molecule has 3 unspecified atom stereocenters. The molecule has 0 aliphatic carbocycles. The van der Waals surface area contributed by atoms with Crippen molar-refractivity contribution in [2.45, 2.75) is 33.2 Å². The summed E-state index contributed by atoms with van der Waals surface area (Å²) in [4.78, 5) is 2.57. The van der Waals surface area contributed by atoms with Crippen LogP contribution in [0.25, 0.3) is 0 Å². The Labute approximate surface area is 76.1 Å². The molecule has 2 N–H and O–H groups in total. The molecule has 72 valence electrons. The Bertz CT molecular complexity index is 126. The van der Waals surface area contributed by atoms with E-state index in [9.17, 15) is 0 Å². The predicted molar refractivity (Wildman–Crippen MR) is 53.0 cm³/mol. The van der Waals surface area contributed by atoms with Crippen LogP contribution in [0.2, 0.25) is 0 Å². The van der Waals surface area contributed by atoms with Crippen LogP contribution in [0.3, 0.4) is 0 Å². The summed E-state index contributed by atoms with van der Waals surface area (Å²) < 4.78 is 0. The SMILES string of the molecule is CC1CN(C(C)CCN)CC1C. The van der Waals surface area contributed by atoms with E-state index < -0.39 is 0 Å². The first kappa shape index (κ1) is 10.0. The maximum absolute atomic E-state index is 5.54. The van der Waals surface area contributed by atoms with E-state index in [2.05, 4.69) is 25.7 Å². The van der Waals surface area contributed by atoms with Crippen LogP contribution in [0.4, 0.5) is 0 Å². The second kappa shape index (κ2) is 4.24. The van der Waals surface area contributed by atoms with Gasteiger partial charge in [0.1, 0.15) is 0 Å². The summed E-state index contributed by atoms with van der Waals surface area (Å²) in [6, 6.07) is 0.683. The van der Waals surface area contributed by atoms with Crippen molar-refractivity contribution in [1.82, 2.24) is 4.90 Å². The summed E-state index contributed by atoms with van der Waals surface area (Å²) in [7, 11) is 0. The van der Waals surface area contributed by atoms with Crippen LogP contribution in [0, 0.1) is 11.8 Å². The molecule has 0 aromatic heterocycles.